The van der Waals surface area contributed by atoms with E-state index in [-0.39, 0.29) is 17.1 Å². The van der Waals surface area contributed by atoms with Gasteiger partial charge in [0.25, 0.3) is 0 Å². The lowest BCUT2D eigenvalue weighted by atomic mass is 9.79. The van der Waals surface area contributed by atoms with E-state index in [2.05, 4.69) is 10.6 Å². The molecule has 148 valence electrons. The average Bonchev–Trinajstić information content (AvgIpc) is 2.67. The molecule has 2 N–H and O–H groups in total. The molecule has 9 heteroatoms. The Bertz CT molecular complexity index is 986. The van der Waals surface area contributed by atoms with Gasteiger partial charge in [0, 0.05) is 27.6 Å². The number of ketones is 2. The molecule has 1 atom stereocenters. The van der Waals surface area contributed by atoms with Crippen LogP contribution in [0.25, 0.3) is 0 Å². The highest BCUT2D eigenvalue weighted by Crippen LogP contribution is 2.26. The number of rotatable bonds is 6. The molecular weight excluding hydrogens is 435 g/mol. The number of Topliss-reactive ketones (excluding diaryl/α,β-unsaturated/α-hetero) is 2. The standard InChI is InChI=1S/C20H14Cl2N2O4S/c21-12-5-1-10(2-6-12)15(25)9-14(16-18(27)23-20(29)24-19(16)28)17(26)11-3-7-13(22)8-4-11/h1-8,14,16H,9H2,(H2,23,24,27,28,29). The first-order chi connectivity index (χ1) is 13.8. The maximum atomic E-state index is 13.1. The van der Waals surface area contributed by atoms with Gasteiger partial charge in [-0.3, -0.25) is 19.2 Å². The molecule has 0 bridgehead atoms. The lowest BCUT2D eigenvalue weighted by molar-refractivity contribution is -0.136. The molecule has 2 aromatic rings. The Morgan fingerprint density at radius 3 is 1.79 bits per heavy atom. The van der Waals surface area contributed by atoms with Crippen molar-refractivity contribution in [3.8, 4) is 0 Å². The van der Waals surface area contributed by atoms with E-state index in [0.717, 1.165) is 0 Å². The van der Waals surface area contributed by atoms with Crippen LogP contribution in [0.15, 0.2) is 48.5 Å². The largest absolute Gasteiger partial charge is 0.302 e. The molecule has 1 heterocycles. The molecule has 0 radical (unpaired) electrons. The van der Waals surface area contributed by atoms with E-state index in [9.17, 15) is 19.2 Å². The minimum atomic E-state index is -1.40. The second kappa shape index (κ2) is 8.82. The Kier molecular flexibility index (Phi) is 6.42. The van der Waals surface area contributed by atoms with Gasteiger partial charge in [0.2, 0.25) is 11.8 Å². The number of carbonyl (C=O) groups excluding carboxylic acids is 4. The summed E-state index contributed by atoms with van der Waals surface area (Å²) in [5, 5.41) is 5.41. The van der Waals surface area contributed by atoms with Crippen molar-refractivity contribution in [3.05, 3.63) is 69.7 Å². The fraction of sp³-hybridized carbons (Fsp3) is 0.150. The van der Waals surface area contributed by atoms with Crippen LogP contribution in [-0.2, 0) is 9.59 Å². The summed E-state index contributed by atoms with van der Waals surface area (Å²) < 4.78 is 0. The summed E-state index contributed by atoms with van der Waals surface area (Å²) in [5.41, 5.74) is 0.549. The molecule has 0 saturated carbocycles. The van der Waals surface area contributed by atoms with Crippen LogP contribution < -0.4 is 10.6 Å². The number of halogens is 2. The monoisotopic (exact) mass is 448 g/mol. The van der Waals surface area contributed by atoms with Crippen molar-refractivity contribution in [1.82, 2.24) is 10.6 Å². The first-order valence-electron chi connectivity index (χ1n) is 8.50. The molecule has 6 nitrogen and oxygen atoms in total. The predicted molar refractivity (Wildman–Crippen MR) is 112 cm³/mol. The van der Waals surface area contributed by atoms with E-state index in [4.69, 9.17) is 35.4 Å². The highest BCUT2D eigenvalue weighted by molar-refractivity contribution is 7.80. The Hall–Kier alpha value is -2.61. The van der Waals surface area contributed by atoms with Crippen LogP contribution in [0.1, 0.15) is 27.1 Å². The summed E-state index contributed by atoms with van der Waals surface area (Å²) in [6.45, 7) is 0. The summed E-state index contributed by atoms with van der Waals surface area (Å²) >= 11 is 16.5. The van der Waals surface area contributed by atoms with E-state index >= 15 is 0 Å². The third-order valence-corrected chi connectivity index (χ3v) is 5.19. The summed E-state index contributed by atoms with van der Waals surface area (Å²) in [5.74, 6) is -5.00. The molecule has 1 fully saturated rings. The van der Waals surface area contributed by atoms with E-state index in [1.165, 1.54) is 36.4 Å². The molecule has 0 spiro atoms. The molecule has 2 aromatic carbocycles. The van der Waals surface area contributed by atoms with Crippen LogP contribution in [0.3, 0.4) is 0 Å². The van der Waals surface area contributed by atoms with E-state index < -0.39 is 35.2 Å². The minimum Gasteiger partial charge on any atom is -0.302 e. The SMILES string of the molecule is O=C(CC(C(=O)c1ccc(Cl)cc1)C1C(=O)NC(=S)NC1=O)c1ccc(Cl)cc1. The van der Waals surface area contributed by atoms with Crippen molar-refractivity contribution in [3.63, 3.8) is 0 Å². The molecule has 3 rings (SSSR count). The topological polar surface area (TPSA) is 92.3 Å². The number of thiocarbonyl (C=S) groups is 1. The molecule has 29 heavy (non-hydrogen) atoms. The summed E-state index contributed by atoms with van der Waals surface area (Å²) in [7, 11) is 0. The number of hydrogen-bond acceptors (Lipinski definition) is 5. The molecule has 1 saturated heterocycles. The number of amides is 2. The van der Waals surface area contributed by atoms with Crippen molar-refractivity contribution in [2.45, 2.75) is 6.42 Å². The van der Waals surface area contributed by atoms with Crippen molar-refractivity contribution < 1.29 is 19.2 Å². The van der Waals surface area contributed by atoms with E-state index in [1.807, 2.05) is 0 Å². The third kappa shape index (κ3) is 4.87. The van der Waals surface area contributed by atoms with Gasteiger partial charge in [-0.1, -0.05) is 23.2 Å². The molecule has 0 aromatic heterocycles. The van der Waals surface area contributed by atoms with Gasteiger partial charge in [-0.25, -0.2) is 0 Å². The van der Waals surface area contributed by atoms with Gasteiger partial charge >= 0.3 is 0 Å². The lowest BCUT2D eigenvalue weighted by Crippen LogP contribution is -2.58. The fourth-order valence-corrected chi connectivity index (χ4v) is 3.49. The zero-order chi connectivity index (χ0) is 21.1. The third-order valence-electron chi connectivity index (χ3n) is 4.48. The number of hydrogen-bond donors (Lipinski definition) is 2. The number of benzene rings is 2. The number of carbonyl (C=O) groups is 4. The second-order valence-corrected chi connectivity index (χ2v) is 7.68. The highest BCUT2D eigenvalue weighted by Gasteiger charge is 2.43. The van der Waals surface area contributed by atoms with Crippen LogP contribution in [0.4, 0.5) is 0 Å². The van der Waals surface area contributed by atoms with Crippen LogP contribution in [-0.4, -0.2) is 28.5 Å². The first kappa shape index (κ1) is 21.1. The summed E-state index contributed by atoms with van der Waals surface area (Å²) in [6, 6.07) is 12.1. The first-order valence-corrected chi connectivity index (χ1v) is 9.67. The van der Waals surface area contributed by atoms with Gasteiger partial charge < -0.3 is 10.6 Å². The summed E-state index contributed by atoms with van der Waals surface area (Å²) in [6.07, 6.45) is -0.346. The van der Waals surface area contributed by atoms with Gasteiger partial charge in [0.05, 0.1) is 5.92 Å². The van der Waals surface area contributed by atoms with Crippen molar-refractivity contribution >= 4 is 63.9 Å². The Morgan fingerprint density at radius 1 is 0.862 bits per heavy atom. The smallest absolute Gasteiger partial charge is 0.239 e. The van der Waals surface area contributed by atoms with Crippen LogP contribution >= 0.6 is 35.4 Å². The zero-order valence-corrected chi connectivity index (χ0v) is 17.1. The van der Waals surface area contributed by atoms with Gasteiger partial charge in [0.1, 0.15) is 5.92 Å². The maximum Gasteiger partial charge on any atom is 0.239 e. The van der Waals surface area contributed by atoms with Gasteiger partial charge in [-0.05, 0) is 60.7 Å². The Balaban J connectivity index is 1.95. The van der Waals surface area contributed by atoms with Gasteiger partial charge in [0.15, 0.2) is 16.7 Å². The van der Waals surface area contributed by atoms with Gasteiger partial charge in [-0.15, -0.1) is 0 Å². The molecular formula is C20H14Cl2N2O4S. The Labute approximate surface area is 181 Å². The fourth-order valence-electron chi connectivity index (χ4n) is 3.04. The Morgan fingerprint density at radius 2 is 1.31 bits per heavy atom. The highest BCUT2D eigenvalue weighted by atomic mass is 35.5. The van der Waals surface area contributed by atoms with E-state index in [0.29, 0.717) is 15.6 Å². The molecule has 0 aliphatic carbocycles. The molecule has 2 amide bonds. The zero-order valence-electron chi connectivity index (χ0n) is 14.8. The normalized spacial score (nSPS) is 15.4. The van der Waals surface area contributed by atoms with Crippen molar-refractivity contribution in [1.29, 1.82) is 0 Å². The predicted octanol–water partition coefficient (Wildman–Crippen LogP) is 3.21. The average molecular weight is 449 g/mol. The van der Waals surface area contributed by atoms with E-state index in [1.54, 1.807) is 12.1 Å². The maximum absolute atomic E-state index is 13.1. The number of nitrogens with one attached hydrogen (secondary N) is 2. The molecule has 1 aliphatic heterocycles. The van der Waals surface area contributed by atoms with Crippen molar-refractivity contribution in [2.75, 3.05) is 0 Å². The van der Waals surface area contributed by atoms with Crippen LogP contribution in [0.2, 0.25) is 10.0 Å². The molecule has 1 aliphatic rings. The minimum absolute atomic E-state index is 0.141. The summed E-state index contributed by atoms with van der Waals surface area (Å²) in [4.78, 5) is 50.8. The quantitative estimate of drug-likeness (QED) is 0.402. The van der Waals surface area contributed by atoms with Crippen LogP contribution in [0.5, 0.6) is 0 Å². The van der Waals surface area contributed by atoms with Crippen molar-refractivity contribution in [2.24, 2.45) is 11.8 Å². The molecule has 1 unspecified atom stereocenters. The van der Waals surface area contributed by atoms with Crippen LogP contribution in [0, 0.1) is 11.8 Å². The van der Waals surface area contributed by atoms with Gasteiger partial charge in [-0.2, -0.15) is 0 Å². The lowest BCUT2D eigenvalue weighted by Gasteiger charge is -2.28. The second-order valence-electron chi connectivity index (χ2n) is 6.40.